The molecule has 0 aromatic heterocycles. The van der Waals surface area contributed by atoms with Crippen LogP contribution in [0, 0.1) is 0 Å². The monoisotopic (exact) mass is 389 g/mol. The van der Waals surface area contributed by atoms with Gasteiger partial charge in [-0.3, -0.25) is 15.0 Å². The second-order valence-electron chi connectivity index (χ2n) is 5.32. The summed E-state index contributed by atoms with van der Waals surface area (Å²) in [7, 11) is 0. The first-order valence-corrected chi connectivity index (χ1v) is 8.21. The summed E-state index contributed by atoms with van der Waals surface area (Å²) in [6, 6.07) is 14.3. The van der Waals surface area contributed by atoms with Gasteiger partial charge in [-0.1, -0.05) is 28.1 Å². The van der Waals surface area contributed by atoms with Gasteiger partial charge in [0.05, 0.1) is 5.56 Å². The molecule has 2 amide bonds. The third-order valence-electron chi connectivity index (χ3n) is 3.56. The number of rotatable bonds is 4. The average molecular weight is 390 g/mol. The van der Waals surface area contributed by atoms with E-state index < -0.39 is 5.91 Å². The van der Waals surface area contributed by atoms with Crippen LogP contribution in [-0.2, 0) is 4.79 Å². The molecule has 2 aromatic rings. The molecule has 0 spiro atoms. The summed E-state index contributed by atoms with van der Waals surface area (Å²) in [6.07, 6.45) is -0.357. The second kappa shape index (κ2) is 6.92. The molecule has 2 N–H and O–H groups in total. The van der Waals surface area contributed by atoms with Crippen LogP contribution in [0.15, 0.2) is 53.0 Å². The van der Waals surface area contributed by atoms with Crippen LogP contribution in [0.3, 0.4) is 0 Å². The van der Waals surface area contributed by atoms with Crippen molar-refractivity contribution < 1.29 is 14.3 Å². The van der Waals surface area contributed by atoms with Gasteiger partial charge in [0, 0.05) is 10.2 Å². The highest BCUT2D eigenvalue weighted by Gasteiger charge is 2.30. The summed E-state index contributed by atoms with van der Waals surface area (Å²) in [5.41, 5.74) is 3.86. The van der Waals surface area contributed by atoms with Crippen molar-refractivity contribution >= 4 is 33.4 Å². The molecule has 124 valence electrons. The van der Waals surface area contributed by atoms with Crippen molar-refractivity contribution in [3.05, 3.63) is 58.6 Å². The van der Waals surface area contributed by atoms with Crippen LogP contribution in [0.2, 0.25) is 0 Å². The molecular formula is C17H16BrN3O3. The van der Waals surface area contributed by atoms with Gasteiger partial charge in [0.2, 0.25) is 0 Å². The van der Waals surface area contributed by atoms with Gasteiger partial charge in [0.15, 0.2) is 6.61 Å². The molecule has 7 heteroatoms. The van der Waals surface area contributed by atoms with Gasteiger partial charge in [0.1, 0.15) is 11.9 Å². The normalized spacial score (nSPS) is 16.2. The van der Waals surface area contributed by atoms with Crippen LogP contribution in [0.25, 0.3) is 0 Å². The van der Waals surface area contributed by atoms with E-state index in [0.29, 0.717) is 11.3 Å². The van der Waals surface area contributed by atoms with Crippen molar-refractivity contribution in [2.45, 2.75) is 13.1 Å². The molecule has 6 nitrogen and oxygen atoms in total. The van der Waals surface area contributed by atoms with Crippen LogP contribution in [0.1, 0.15) is 17.3 Å². The fourth-order valence-corrected chi connectivity index (χ4v) is 2.65. The van der Waals surface area contributed by atoms with Crippen molar-refractivity contribution in [1.82, 2.24) is 10.4 Å². The summed E-state index contributed by atoms with van der Waals surface area (Å²) in [4.78, 5) is 24.6. The highest BCUT2D eigenvalue weighted by Crippen LogP contribution is 2.23. The minimum absolute atomic E-state index is 0.181. The quantitative estimate of drug-likeness (QED) is 0.843. The number of nitrogens with zero attached hydrogens (tertiary/aromatic N) is 1. The number of carbonyl (C=O) groups is 2. The van der Waals surface area contributed by atoms with Crippen LogP contribution < -0.4 is 15.5 Å². The van der Waals surface area contributed by atoms with Crippen molar-refractivity contribution in [3.63, 3.8) is 0 Å². The number of carbonyl (C=O) groups excluding carboxylic acids is 2. The number of hydrazine groups is 1. The Balaban J connectivity index is 1.62. The number of halogens is 1. The molecular weight excluding hydrogens is 374 g/mol. The third-order valence-corrected chi connectivity index (χ3v) is 4.09. The van der Waals surface area contributed by atoms with Crippen LogP contribution in [0.5, 0.6) is 5.75 Å². The van der Waals surface area contributed by atoms with E-state index in [1.807, 2.05) is 24.3 Å². The van der Waals surface area contributed by atoms with E-state index in [1.165, 1.54) is 5.01 Å². The topological polar surface area (TPSA) is 70.7 Å². The molecule has 24 heavy (non-hydrogen) atoms. The van der Waals surface area contributed by atoms with Crippen molar-refractivity contribution in [3.8, 4) is 5.75 Å². The Labute approximate surface area is 147 Å². The van der Waals surface area contributed by atoms with Crippen LogP contribution >= 0.6 is 15.9 Å². The molecule has 0 radical (unpaired) electrons. The van der Waals surface area contributed by atoms with E-state index in [1.54, 1.807) is 31.2 Å². The number of nitrogens with one attached hydrogen (secondary N) is 2. The molecule has 0 aliphatic carbocycles. The standard InChI is InChI=1S/C17H16BrN3O3/c1-11-19-15-5-3-2-4-14(15)17(23)21(11)20-16(22)10-24-13-8-6-12(18)7-9-13/h2-9,11,19H,10H2,1H3,(H,20,22). The van der Waals surface area contributed by atoms with Gasteiger partial charge in [-0.2, -0.15) is 0 Å². The van der Waals surface area contributed by atoms with Gasteiger partial charge in [-0.15, -0.1) is 0 Å². The smallest absolute Gasteiger partial charge is 0.276 e. The maximum Gasteiger partial charge on any atom is 0.276 e. The minimum atomic E-state index is -0.403. The minimum Gasteiger partial charge on any atom is -0.484 e. The SMILES string of the molecule is CC1Nc2ccccc2C(=O)N1NC(=O)COc1ccc(Br)cc1. The van der Waals surface area contributed by atoms with Crippen molar-refractivity contribution in [2.75, 3.05) is 11.9 Å². The van der Waals surface area contributed by atoms with Gasteiger partial charge >= 0.3 is 0 Å². The Morgan fingerprint density at radius 2 is 1.96 bits per heavy atom. The molecule has 2 aromatic carbocycles. The summed E-state index contributed by atoms with van der Waals surface area (Å²) in [5.74, 6) is -0.0806. The summed E-state index contributed by atoms with van der Waals surface area (Å²) < 4.78 is 6.34. The Morgan fingerprint density at radius 3 is 2.71 bits per heavy atom. The van der Waals surface area contributed by atoms with Gasteiger partial charge in [-0.25, -0.2) is 5.01 Å². The third kappa shape index (κ3) is 3.51. The molecule has 1 atom stereocenters. The summed E-state index contributed by atoms with van der Waals surface area (Å²) in [5, 5.41) is 4.44. The molecule has 0 saturated heterocycles. The summed E-state index contributed by atoms with van der Waals surface area (Å²) in [6.45, 7) is 1.61. The molecule has 0 saturated carbocycles. The zero-order valence-electron chi connectivity index (χ0n) is 13.0. The summed E-state index contributed by atoms with van der Waals surface area (Å²) >= 11 is 3.33. The number of ether oxygens (including phenoxy) is 1. The number of fused-ring (bicyclic) bond motifs is 1. The zero-order valence-corrected chi connectivity index (χ0v) is 14.5. The lowest BCUT2D eigenvalue weighted by Gasteiger charge is -2.35. The van der Waals surface area contributed by atoms with Crippen molar-refractivity contribution in [2.24, 2.45) is 0 Å². The first-order chi connectivity index (χ1) is 11.5. The first-order valence-electron chi connectivity index (χ1n) is 7.41. The molecule has 1 aliphatic heterocycles. The highest BCUT2D eigenvalue weighted by atomic mass is 79.9. The largest absolute Gasteiger partial charge is 0.484 e. The van der Waals surface area contributed by atoms with Crippen molar-refractivity contribution in [1.29, 1.82) is 0 Å². The molecule has 0 fully saturated rings. The van der Waals surface area contributed by atoms with Crippen LogP contribution in [-0.4, -0.2) is 29.6 Å². The molecule has 1 heterocycles. The molecule has 3 rings (SSSR count). The Morgan fingerprint density at radius 1 is 1.25 bits per heavy atom. The fourth-order valence-electron chi connectivity index (χ4n) is 2.38. The number of benzene rings is 2. The Kier molecular flexibility index (Phi) is 4.71. The molecule has 1 aliphatic rings. The van der Waals surface area contributed by atoms with E-state index in [-0.39, 0.29) is 18.7 Å². The predicted octanol–water partition coefficient (Wildman–Crippen LogP) is 2.77. The molecule has 1 unspecified atom stereocenters. The Bertz CT molecular complexity index is 764. The Hall–Kier alpha value is -2.54. The van der Waals surface area contributed by atoms with Gasteiger partial charge < -0.3 is 10.1 Å². The molecule has 0 bridgehead atoms. The predicted molar refractivity (Wildman–Crippen MR) is 93.5 cm³/mol. The number of anilines is 1. The van der Waals surface area contributed by atoms with E-state index in [4.69, 9.17) is 4.74 Å². The van der Waals surface area contributed by atoms with E-state index >= 15 is 0 Å². The van der Waals surface area contributed by atoms with E-state index in [0.717, 1.165) is 10.2 Å². The lowest BCUT2D eigenvalue weighted by Crippen LogP contribution is -2.56. The van der Waals surface area contributed by atoms with E-state index in [2.05, 4.69) is 26.7 Å². The zero-order chi connectivity index (χ0) is 17.1. The second-order valence-corrected chi connectivity index (χ2v) is 6.23. The van der Waals surface area contributed by atoms with Gasteiger partial charge in [-0.05, 0) is 43.3 Å². The first kappa shape index (κ1) is 16.3. The maximum atomic E-state index is 12.5. The van der Waals surface area contributed by atoms with Gasteiger partial charge in [0.25, 0.3) is 11.8 Å². The maximum absolute atomic E-state index is 12.5. The average Bonchev–Trinajstić information content (AvgIpc) is 2.58. The lowest BCUT2D eigenvalue weighted by atomic mass is 10.1. The lowest BCUT2D eigenvalue weighted by molar-refractivity contribution is -0.127. The highest BCUT2D eigenvalue weighted by molar-refractivity contribution is 9.10. The van der Waals surface area contributed by atoms with Crippen LogP contribution in [0.4, 0.5) is 5.69 Å². The fraction of sp³-hybridized carbons (Fsp3) is 0.176. The number of hydrogen-bond donors (Lipinski definition) is 2. The number of para-hydroxylation sites is 1. The number of amides is 2. The van der Waals surface area contributed by atoms with E-state index in [9.17, 15) is 9.59 Å². The number of hydrogen-bond acceptors (Lipinski definition) is 4.